The number of hydrogen-bond donors (Lipinski definition) is 1. The molecule has 1 aliphatic carbocycles. The maximum Gasteiger partial charge on any atom is 0.253 e. The SMILES string of the molecule is O=C(NCc1cccnc1)C1CC12CCN(C(=O)c1ccc(F)cc1)C2. The van der Waals surface area contributed by atoms with Crippen LogP contribution in [0.15, 0.2) is 48.8 Å². The number of carbonyl (C=O) groups is 2. The van der Waals surface area contributed by atoms with Gasteiger partial charge in [-0.2, -0.15) is 0 Å². The number of likely N-dealkylation sites (tertiary alicyclic amines) is 1. The maximum atomic E-state index is 13.0. The number of nitrogens with one attached hydrogen (secondary N) is 1. The van der Waals surface area contributed by atoms with E-state index in [1.807, 2.05) is 12.1 Å². The van der Waals surface area contributed by atoms with E-state index in [0.717, 1.165) is 18.4 Å². The Morgan fingerprint density at radius 1 is 1.27 bits per heavy atom. The summed E-state index contributed by atoms with van der Waals surface area (Å²) in [5.41, 5.74) is 1.37. The molecule has 0 bridgehead atoms. The lowest BCUT2D eigenvalue weighted by atomic mass is 10.0. The monoisotopic (exact) mass is 353 g/mol. The molecule has 2 aromatic rings. The molecular weight excluding hydrogens is 333 g/mol. The van der Waals surface area contributed by atoms with Crippen molar-refractivity contribution in [1.29, 1.82) is 0 Å². The van der Waals surface area contributed by atoms with Crippen LogP contribution in [0.4, 0.5) is 4.39 Å². The van der Waals surface area contributed by atoms with Gasteiger partial charge in [0.25, 0.3) is 5.91 Å². The zero-order valence-corrected chi connectivity index (χ0v) is 14.3. The van der Waals surface area contributed by atoms with Gasteiger partial charge in [-0.15, -0.1) is 0 Å². The Labute approximate surface area is 151 Å². The Morgan fingerprint density at radius 2 is 2.08 bits per heavy atom. The molecule has 1 saturated carbocycles. The highest BCUT2D eigenvalue weighted by atomic mass is 19.1. The summed E-state index contributed by atoms with van der Waals surface area (Å²) < 4.78 is 13.0. The van der Waals surface area contributed by atoms with Crippen LogP contribution >= 0.6 is 0 Å². The Morgan fingerprint density at radius 3 is 2.81 bits per heavy atom. The normalized spacial score (nSPS) is 23.9. The molecule has 2 heterocycles. The first-order valence-corrected chi connectivity index (χ1v) is 8.79. The number of pyridine rings is 1. The summed E-state index contributed by atoms with van der Waals surface area (Å²) in [6, 6.07) is 9.38. The minimum atomic E-state index is -0.355. The van der Waals surface area contributed by atoms with Gasteiger partial charge in [0.15, 0.2) is 0 Å². The Hall–Kier alpha value is -2.76. The lowest BCUT2D eigenvalue weighted by Gasteiger charge is -2.17. The standard InChI is InChI=1S/C20H20FN3O2/c21-16-5-3-15(4-6-16)19(26)24-9-7-20(13-24)10-17(20)18(25)23-12-14-2-1-8-22-11-14/h1-6,8,11,17H,7,9-10,12-13H2,(H,23,25). The molecule has 0 radical (unpaired) electrons. The van der Waals surface area contributed by atoms with E-state index >= 15 is 0 Å². The van der Waals surface area contributed by atoms with Gasteiger partial charge in [0.2, 0.25) is 5.91 Å². The molecule has 1 aliphatic heterocycles. The molecule has 2 aliphatic rings. The van der Waals surface area contributed by atoms with Crippen molar-refractivity contribution in [2.24, 2.45) is 11.3 Å². The minimum absolute atomic E-state index is 0.0369. The van der Waals surface area contributed by atoms with E-state index in [1.165, 1.54) is 24.3 Å². The van der Waals surface area contributed by atoms with Crippen molar-refractivity contribution in [3.63, 3.8) is 0 Å². The molecule has 1 saturated heterocycles. The molecular formula is C20H20FN3O2. The number of amides is 2. The summed E-state index contributed by atoms with van der Waals surface area (Å²) in [6.45, 7) is 1.70. The zero-order chi connectivity index (χ0) is 18.1. The number of hydrogen-bond acceptors (Lipinski definition) is 3. The van der Waals surface area contributed by atoms with Crippen LogP contribution in [0.1, 0.15) is 28.8 Å². The molecule has 4 rings (SSSR count). The Balaban J connectivity index is 1.33. The highest BCUT2D eigenvalue weighted by Crippen LogP contribution is 2.58. The van der Waals surface area contributed by atoms with Gasteiger partial charge in [-0.05, 0) is 48.7 Å². The average molecular weight is 353 g/mol. The number of halogens is 1. The second-order valence-corrected chi connectivity index (χ2v) is 7.18. The smallest absolute Gasteiger partial charge is 0.253 e. The summed E-state index contributed by atoms with van der Waals surface area (Å²) in [4.78, 5) is 30.8. The molecule has 2 atom stereocenters. The molecule has 2 fully saturated rings. The van der Waals surface area contributed by atoms with E-state index in [4.69, 9.17) is 0 Å². The quantitative estimate of drug-likeness (QED) is 0.918. The van der Waals surface area contributed by atoms with Crippen molar-refractivity contribution < 1.29 is 14.0 Å². The number of rotatable bonds is 4. The van der Waals surface area contributed by atoms with Gasteiger partial charge in [0, 0.05) is 48.9 Å². The van der Waals surface area contributed by atoms with Crippen LogP contribution < -0.4 is 5.32 Å². The van der Waals surface area contributed by atoms with Crippen LogP contribution in [-0.2, 0) is 11.3 Å². The second-order valence-electron chi connectivity index (χ2n) is 7.18. The van der Waals surface area contributed by atoms with Gasteiger partial charge in [-0.25, -0.2) is 4.39 Å². The van der Waals surface area contributed by atoms with Gasteiger partial charge in [0.1, 0.15) is 5.82 Å². The van der Waals surface area contributed by atoms with Crippen molar-refractivity contribution in [2.75, 3.05) is 13.1 Å². The van der Waals surface area contributed by atoms with E-state index in [9.17, 15) is 14.0 Å². The molecule has 26 heavy (non-hydrogen) atoms. The van der Waals surface area contributed by atoms with E-state index in [0.29, 0.717) is 25.2 Å². The van der Waals surface area contributed by atoms with E-state index < -0.39 is 0 Å². The van der Waals surface area contributed by atoms with Crippen LogP contribution in [0.5, 0.6) is 0 Å². The number of carbonyl (C=O) groups excluding carboxylic acids is 2. The highest BCUT2D eigenvalue weighted by Gasteiger charge is 2.61. The fraction of sp³-hybridized carbons (Fsp3) is 0.350. The molecule has 1 N–H and O–H groups in total. The molecule has 1 spiro atoms. The Bertz CT molecular complexity index is 825. The fourth-order valence-electron chi connectivity index (χ4n) is 3.83. The van der Waals surface area contributed by atoms with E-state index in [-0.39, 0.29) is 29.0 Å². The van der Waals surface area contributed by atoms with E-state index in [2.05, 4.69) is 10.3 Å². The first kappa shape index (κ1) is 16.7. The lowest BCUT2D eigenvalue weighted by molar-refractivity contribution is -0.123. The summed E-state index contributed by atoms with van der Waals surface area (Å²) in [6.07, 6.45) is 5.10. The van der Waals surface area contributed by atoms with Crippen molar-refractivity contribution in [2.45, 2.75) is 19.4 Å². The summed E-state index contributed by atoms with van der Waals surface area (Å²) >= 11 is 0. The summed E-state index contributed by atoms with van der Waals surface area (Å²) in [7, 11) is 0. The third kappa shape index (κ3) is 3.19. The molecule has 134 valence electrons. The topological polar surface area (TPSA) is 62.3 Å². The predicted molar refractivity (Wildman–Crippen MR) is 93.5 cm³/mol. The van der Waals surface area contributed by atoms with Gasteiger partial charge in [-0.1, -0.05) is 6.07 Å². The van der Waals surface area contributed by atoms with E-state index in [1.54, 1.807) is 17.3 Å². The minimum Gasteiger partial charge on any atom is -0.352 e. The summed E-state index contributed by atoms with van der Waals surface area (Å²) in [5.74, 6) is -0.439. The zero-order valence-electron chi connectivity index (χ0n) is 14.3. The largest absolute Gasteiger partial charge is 0.352 e. The second kappa shape index (κ2) is 6.52. The molecule has 1 aromatic heterocycles. The fourth-order valence-corrected chi connectivity index (χ4v) is 3.83. The van der Waals surface area contributed by atoms with Crippen molar-refractivity contribution in [3.05, 3.63) is 65.7 Å². The first-order chi connectivity index (χ1) is 12.6. The van der Waals surface area contributed by atoms with Crippen LogP contribution in [0, 0.1) is 17.2 Å². The van der Waals surface area contributed by atoms with Crippen molar-refractivity contribution in [3.8, 4) is 0 Å². The van der Waals surface area contributed by atoms with Gasteiger partial charge in [0.05, 0.1) is 0 Å². The van der Waals surface area contributed by atoms with Crippen LogP contribution in [0.25, 0.3) is 0 Å². The first-order valence-electron chi connectivity index (χ1n) is 8.79. The predicted octanol–water partition coefficient (Wildman–Crippen LogP) is 2.39. The van der Waals surface area contributed by atoms with Gasteiger partial charge in [-0.3, -0.25) is 14.6 Å². The molecule has 2 unspecified atom stereocenters. The van der Waals surface area contributed by atoms with Crippen molar-refractivity contribution >= 4 is 11.8 Å². The number of benzene rings is 1. The maximum absolute atomic E-state index is 13.0. The molecule has 2 amide bonds. The van der Waals surface area contributed by atoms with Crippen LogP contribution in [0.2, 0.25) is 0 Å². The van der Waals surface area contributed by atoms with Crippen molar-refractivity contribution in [1.82, 2.24) is 15.2 Å². The van der Waals surface area contributed by atoms with Crippen LogP contribution in [-0.4, -0.2) is 34.8 Å². The molecule has 6 heteroatoms. The highest BCUT2D eigenvalue weighted by molar-refractivity contribution is 5.94. The number of nitrogens with zero attached hydrogens (tertiary/aromatic N) is 2. The molecule has 1 aromatic carbocycles. The lowest BCUT2D eigenvalue weighted by Crippen LogP contribution is -2.31. The summed E-state index contributed by atoms with van der Waals surface area (Å²) in [5, 5.41) is 2.97. The van der Waals surface area contributed by atoms with Crippen LogP contribution in [0.3, 0.4) is 0 Å². The molecule has 5 nitrogen and oxygen atoms in total. The third-order valence-electron chi connectivity index (χ3n) is 5.46. The number of aromatic nitrogens is 1. The van der Waals surface area contributed by atoms with Gasteiger partial charge >= 0.3 is 0 Å². The third-order valence-corrected chi connectivity index (χ3v) is 5.46. The average Bonchev–Trinajstić information content (AvgIpc) is 3.20. The Kier molecular flexibility index (Phi) is 4.18. The van der Waals surface area contributed by atoms with Gasteiger partial charge < -0.3 is 10.2 Å².